The maximum absolute atomic E-state index is 13.0. The second-order valence-corrected chi connectivity index (χ2v) is 4.91. The van der Waals surface area contributed by atoms with Gasteiger partial charge in [0.2, 0.25) is 0 Å². The number of halogens is 2. The lowest BCUT2D eigenvalue weighted by Gasteiger charge is -2.12. The summed E-state index contributed by atoms with van der Waals surface area (Å²) in [6.07, 6.45) is 0. The molecular formula is C17H16ClFN2. The molecule has 1 aromatic heterocycles. The second kappa shape index (κ2) is 6.10. The van der Waals surface area contributed by atoms with Crippen molar-refractivity contribution in [3.8, 4) is 0 Å². The smallest absolute Gasteiger partial charge is 0.123 e. The number of benzene rings is 2. The largest absolute Gasteiger partial charge is 0.355 e. The SMILES string of the molecule is Cc1cc(Nc2ccc(F)cc2)c2cccc(C)c2n1.Cl. The van der Waals surface area contributed by atoms with E-state index in [4.69, 9.17) is 0 Å². The van der Waals surface area contributed by atoms with Crippen LogP contribution in [0.4, 0.5) is 15.8 Å². The Bertz CT molecular complexity index is 770. The molecule has 2 aromatic carbocycles. The molecule has 0 aliphatic rings. The molecule has 3 rings (SSSR count). The molecule has 0 radical (unpaired) electrons. The van der Waals surface area contributed by atoms with Crippen LogP contribution in [0.25, 0.3) is 10.9 Å². The highest BCUT2D eigenvalue weighted by Gasteiger charge is 2.06. The maximum Gasteiger partial charge on any atom is 0.123 e. The zero-order valence-corrected chi connectivity index (χ0v) is 12.7. The van der Waals surface area contributed by atoms with Crippen molar-refractivity contribution in [3.63, 3.8) is 0 Å². The van der Waals surface area contributed by atoms with Crippen LogP contribution < -0.4 is 5.32 Å². The first-order valence-corrected chi connectivity index (χ1v) is 6.53. The average molecular weight is 303 g/mol. The molecule has 0 bridgehead atoms. The Morgan fingerprint density at radius 2 is 1.71 bits per heavy atom. The summed E-state index contributed by atoms with van der Waals surface area (Å²) in [5, 5.41) is 4.40. The van der Waals surface area contributed by atoms with Gasteiger partial charge in [-0.05, 0) is 49.7 Å². The third kappa shape index (κ3) is 3.14. The molecule has 0 unspecified atom stereocenters. The predicted molar refractivity (Wildman–Crippen MR) is 88.1 cm³/mol. The standard InChI is InChI=1S/C17H15FN2.ClH/c1-11-4-3-5-15-16(10-12(2)19-17(11)15)20-14-8-6-13(18)7-9-14;/h3-10H,1-2H3,(H,19,20);1H. The monoisotopic (exact) mass is 302 g/mol. The van der Waals surface area contributed by atoms with Gasteiger partial charge in [0.1, 0.15) is 5.82 Å². The highest BCUT2D eigenvalue weighted by Crippen LogP contribution is 2.28. The van der Waals surface area contributed by atoms with Crippen molar-refractivity contribution >= 4 is 34.7 Å². The molecule has 1 N–H and O–H groups in total. The Labute approximate surface area is 129 Å². The topological polar surface area (TPSA) is 24.9 Å². The van der Waals surface area contributed by atoms with Crippen LogP contribution in [0.3, 0.4) is 0 Å². The number of hydrogen-bond donors (Lipinski definition) is 1. The van der Waals surface area contributed by atoms with Gasteiger partial charge in [-0.1, -0.05) is 18.2 Å². The van der Waals surface area contributed by atoms with E-state index >= 15 is 0 Å². The summed E-state index contributed by atoms with van der Waals surface area (Å²) >= 11 is 0. The molecule has 0 saturated heterocycles. The van der Waals surface area contributed by atoms with Gasteiger partial charge >= 0.3 is 0 Å². The van der Waals surface area contributed by atoms with Crippen LogP contribution in [0.5, 0.6) is 0 Å². The lowest BCUT2D eigenvalue weighted by atomic mass is 10.1. The maximum atomic E-state index is 13.0. The molecule has 21 heavy (non-hydrogen) atoms. The summed E-state index contributed by atoms with van der Waals surface area (Å²) in [6, 6.07) is 14.5. The van der Waals surface area contributed by atoms with Crippen LogP contribution in [-0.2, 0) is 0 Å². The van der Waals surface area contributed by atoms with E-state index < -0.39 is 0 Å². The summed E-state index contributed by atoms with van der Waals surface area (Å²) in [7, 11) is 0. The van der Waals surface area contributed by atoms with E-state index in [0.717, 1.165) is 33.5 Å². The van der Waals surface area contributed by atoms with Crippen LogP contribution in [0, 0.1) is 19.7 Å². The van der Waals surface area contributed by atoms with Gasteiger partial charge in [-0.25, -0.2) is 4.39 Å². The predicted octanol–water partition coefficient (Wildman–Crippen LogP) is 5.16. The fourth-order valence-corrected chi connectivity index (χ4v) is 2.31. The molecule has 3 aromatic rings. The summed E-state index contributed by atoms with van der Waals surface area (Å²) in [4.78, 5) is 4.59. The molecular weight excluding hydrogens is 287 g/mol. The Kier molecular flexibility index (Phi) is 4.43. The number of aryl methyl sites for hydroxylation is 2. The van der Waals surface area contributed by atoms with E-state index in [0.29, 0.717) is 0 Å². The normalized spacial score (nSPS) is 10.2. The van der Waals surface area contributed by atoms with E-state index in [1.54, 1.807) is 12.1 Å². The number of aromatic nitrogens is 1. The molecule has 0 aliphatic carbocycles. The van der Waals surface area contributed by atoms with Crippen LogP contribution in [0.2, 0.25) is 0 Å². The van der Waals surface area contributed by atoms with E-state index in [9.17, 15) is 4.39 Å². The van der Waals surface area contributed by atoms with Gasteiger partial charge in [0, 0.05) is 22.5 Å². The van der Waals surface area contributed by atoms with Crippen LogP contribution in [0.15, 0.2) is 48.5 Å². The minimum atomic E-state index is -0.234. The molecule has 0 aliphatic heterocycles. The molecule has 0 fully saturated rings. The molecule has 4 heteroatoms. The molecule has 2 nitrogen and oxygen atoms in total. The number of nitrogens with zero attached hydrogens (tertiary/aromatic N) is 1. The van der Waals surface area contributed by atoms with E-state index in [-0.39, 0.29) is 18.2 Å². The van der Waals surface area contributed by atoms with Crippen molar-refractivity contribution in [1.29, 1.82) is 0 Å². The molecule has 0 spiro atoms. The number of pyridine rings is 1. The van der Waals surface area contributed by atoms with Gasteiger partial charge in [-0.15, -0.1) is 12.4 Å². The Morgan fingerprint density at radius 3 is 2.43 bits per heavy atom. The number of fused-ring (bicyclic) bond motifs is 1. The van der Waals surface area contributed by atoms with Crippen molar-refractivity contribution < 1.29 is 4.39 Å². The van der Waals surface area contributed by atoms with Crippen LogP contribution in [0.1, 0.15) is 11.3 Å². The van der Waals surface area contributed by atoms with Gasteiger partial charge in [0.15, 0.2) is 0 Å². The second-order valence-electron chi connectivity index (χ2n) is 4.91. The van der Waals surface area contributed by atoms with Gasteiger partial charge in [-0.3, -0.25) is 4.98 Å². The first-order valence-electron chi connectivity index (χ1n) is 6.53. The number of anilines is 2. The van der Waals surface area contributed by atoms with Crippen molar-refractivity contribution in [3.05, 3.63) is 65.6 Å². The molecule has 108 valence electrons. The molecule has 0 amide bonds. The lowest BCUT2D eigenvalue weighted by molar-refractivity contribution is 0.628. The molecule has 0 saturated carbocycles. The van der Waals surface area contributed by atoms with E-state index in [1.165, 1.54) is 12.1 Å². The van der Waals surface area contributed by atoms with E-state index in [1.807, 2.05) is 25.1 Å². The van der Waals surface area contributed by atoms with Gasteiger partial charge in [-0.2, -0.15) is 0 Å². The van der Waals surface area contributed by atoms with Crippen molar-refractivity contribution in [2.24, 2.45) is 0 Å². The molecule has 0 atom stereocenters. The summed E-state index contributed by atoms with van der Waals surface area (Å²) < 4.78 is 13.0. The van der Waals surface area contributed by atoms with Crippen molar-refractivity contribution in [2.45, 2.75) is 13.8 Å². The fraction of sp³-hybridized carbons (Fsp3) is 0.118. The minimum absolute atomic E-state index is 0. The summed E-state index contributed by atoms with van der Waals surface area (Å²) in [5.41, 5.74) is 4.95. The first-order chi connectivity index (χ1) is 9.63. The Hall–Kier alpha value is -2.13. The summed E-state index contributed by atoms with van der Waals surface area (Å²) in [5.74, 6) is -0.234. The molecule has 1 heterocycles. The minimum Gasteiger partial charge on any atom is -0.355 e. The third-order valence-corrected chi connectivity index (χ3v) is 3.29. The number of hydrogen-bond acceptors (Lipinski definition) is 2. The first kappa shape index (κ1) is 15.3. The highest BCUT2D eigenvalue weighted by molar-refractivity contribution is 5.94. The Balaban J connectivity index is 0.00000161. The fourth-order valence-electron chi connectivity index (χ4n) is 2.31. The number of nitrogens with one attached hydrogen (secondary N) is 1. The average Bonchev–Trinajstić information content (AvgIpc) is 2.42. The van der Waals surface area contributed by atoms with Crippen molar-refractivity contribution in [1.82, 2.24) is 4.98 Å². The third-order valence-electron chi connectivity index (χ3n) is 3.29. The zero-order valence-electron chi connectivity index (χ0n) is 11.9. The quantitative estimate of drug-likeness (QED) is 0.707. The van der Waals surface area contributed by atoms with Crippen LogP contribution in [-0.4, -0.2) is 4.98 Å². The summed E-state index contributed by atoms with van der Waals surface area (Å²) in [6.45, 7) is 4.03. The zero-order chi connectivity index (χ0) is 14.1. The van der Waals surface area contributed by atoms with Gasteiger partial charge < -0.3 is 5.32 Å². The van der Waals surface area contributed by atoms with Gasteiger partial charge in [0.25, 0.3) is 0 Å². The van der Waals surface area contributed by atoms with Gasteiger partial charge in [0.05, 0.1) is 5.52 Å². The van der Waals surface area contributed by atoms with E-state index in [2.05, 4.69) is 23.3 Å². The van der Waals surface area contributed by atoms with Crippen molar-refractivity contribution in [2.75, 3.05) is 5.32 Å². The Morgan fingerprint density at radius 1 is 1.00 bits per heavy atom. The van der Waals surface area contributed by atoms with Crippen LogP contribution >= 0.6 is 12.4 Å². The lowest BCUT2D eigenvalue weighted by Crippen LogP contribution is -1.95. The number of rotatable bonds is 2. The number of para-hydroxylation sites is 1. The highest BCUT2D eigenvalue weighted by atomic mass is 35.5.